The minimum atomic E-state index is 0.0171. The van der Waals surface area contributed by atoms with Crippen molar-refractivity contribution < 1.29 is 4.79 Å². The van der Waals surface area contributed by atoms with Crippen LogP contribution in [0.3, 0.4) is 0 Å². The lowest BCUT2D eigenvalue weighted by Crippen LogP contribution is -2.48. The molecule has 0 bridgehead atoms. The number of thiazole rings is 1. The van der Waals surface area contributed by atoms with Crippen LogP contribution in [0.25, 0.3) is 16.0 Å². The van der Waals surface area contributed by atoms with Crippen LogP contribution in [0.15, 0.2) is 61.1 Å². The highest BCUT2D eigenvalue weighted by molar-refractivity contribution is 7.22. The zero-order valence-electron chi connectivity index (χ0n) is 15.1. The fourth-order valence-corrected chi connectivity index (χ4v) is 4.35. The molecular weight excluding hydrogens is 372 g/mol. The Kier molecular flexibility index (Phi) is 4.25. The average Bonchev–Trinajstić information content (AvgIpc) is 3.43. The number of carbonyl (C=O) groups excluding carboxylic acids is 1. The van der Waals surface area contributed by atoms with Crippen molar-refractivity contribution in [1.29, 1.82) is 0 Å². The number of amides is 1. The van der Waals surface area contributed by atoms with Crippen LogP contribution in [0.2, 0.25) is 0 Å². The number of aromatic nitrogens is 4. The number of fused-ring (bicyclic) bond motifs is 1. The Morgan fingerprint density at radius 2 is 1.86 bits per heavy atom. The maximum atomic E-state index is 12.8. The van der Waals surface area contributed by atoms with E-state index in [0.717, 1.165) is 23.7 Å². The predicted molar refractivity (Wildman–Crippen MR) is 109 cm³/mol. The van der Waals surface area contributed by atoms with Crippen LogP contribution < -0.4 is 4.90 Å². The number of nitrogens with zero attached hydrogens (tertiary/aromatic N) is 6. The van der Waals surface area contributed by atoms with Gasteiger partial charge in [0.2, 0.25) is 0 Å². The number of pyridine rings is 1. The third-order valence-corrected chi connectivity index (χ3v) is 5.95. The number of piperazine rings is 1. The molecule has 4 heterocycles. The second-order valence-electron chi connectivity index (χ2n) is 6.60. The van der Waals surface area contributed by atoms with Crippen molar-refractivity contribution in [2.24, 2.45) is 0 Å². The highest BCUT2D eigenvalue weighted by atomic mass is 32.1. The first kappa shape index (κ1) is 16.9. The van der Waals surface area contributed by atoms with E-state index in [1.165, 1.54) is 4.70 Å². The second-order valence-corrected chi connectivity index (χ2v) is 7.61. The zero-order chi connectivity index (χ0) is 18.9. The van der Waals surface area contributed by atoms with Crippen LogP contribution >= 0.6 is 11.3 Å². The standard InChI is InChI=1S/C20H18N6OS/c27-19(15-6-7-18(21-14-15)26-9-3-8-22-26)24-10-12-25(13-11-24)20-23-16-4-1-2-5-17(16)28-20/h1-9,14H,10-13H2. The van der Waals surface area contributed by atoms with Crippen molar-refractivity contribution in [2.45, 2.75) is 0 Å². The summed E-state index contributed by atoms with van der Waals surface area (Å²) in [5.74, 6) is 0.714. The lowest BCUT2D eigenvalue weighted by molar-refractivity contribution is 0.0746. The van der Waals surface area contributed by atoms with Crippen molar-refractivity contribution in [2.75, 3.05) is 31.1 Å². The first-order valence-corrected chi connectivity index (χ1v) is 9.95. The van der Waals surface area contributed by atoms with Crippen LogP contribution in [0.5, 0.6) is 0 Å². The van der Waals surface area contributed by atoms with Crippen LogP contribution in [-0.4, -0.2) is 56.7 Å². The maximum Gasteiger partial charge on any atom is 0.255 e. The van der Waals surface area contributed by atoms with E-state index in [4.69, 9.17) is 4.98 Å². The average molecular weight is 390 g/mol. The van der Waals surface area contributed by atoms with Crippen LogP contribution in [0.4, 0.5) is 5.13 Å². The molecular formula is C20H18N6OS. The highest BCUT2D eigenvalue weighted by Gasteiger charge is 2.24. The van der Waals surface area contributed by atoms with Gasteiger partial charge in [0.25, 0.3) is 5.91 Å². The lowest BCUT2D eigenvalue weighted by atomic mass is 10.2. The molecule has 0 unspecified atom stereocenters. The minimum Gasteiger partial charge on any atom is -0.345 e. The van der Waals surface area contributed by atoms with E-state index in [0.29, 0.717) is 24.5 Å². The number of hydrogen-bond acceptors (Lipinski definition) is 6. The number of hydrogen-bond donors (Lipinski definition) is 0. The maximum absolute atomic E-state index is 12.8. The molecule has 3 aromatic heterocycles. The van der Waals surface area contributed by atoms with Gasteiger partial charge >= 0.3 is 0 Å². The lowest BCUT2D eigenvalue weighted by Gasteiger charge is -2.34. The van der Waals surface area contributed by atoms with Gasteiger partial charge in [-0.25, -0.2) is 14.6 Å². The van der Waals surface area contributed by atoms with E-state index >= 15 is 0 Å². The van der Waals surface area contributed by atoms with Crippen molar-refractivity contribution in [3.05, 3.63) is 66.6 Å². The molecule has 1 aliphatic heterocycles. The molecule has 0 aliphatic carbocycles. The summed E-state index contributed by atoms with van der Waals surface area (Å²) in [6.07, 6.45) is 5.15. The van der Waals surface area contributed by atoms with Gasteiger partial charge in [-0.2, -0.15) is 5.10 Å². The molecule has 1 aliphatic rings. The molecule has 1 aromatic carbocycles. The molecule has 28 heavy (non-hydrogen) atoms. The summed E-state index contributed by atoms with van der Waals surface area (Å²) in [6.45, 7) is 2.92. The Morgan fingerprint density at radius 3 is 2.57 bits per heavy atom. The van der Waals surface area contributed by atoms with E-state index in [1.807, 2.05) is 47.5 Å². The molecule has 1 amide bonds. The number of para-hydroxylation sites is 1. The van der Waals surface area contributed by atoms with Crippen LogP contribution in [0.1, 0.15) is 10.4 Å². The second kappa shape index (κ2) is 7.05. The smallest absolute Gasteiger partial charge is 0.255 e. The molecule has 1 fully saturated rings. The molecule has 7 nitrogen and oxygen atoms in total. The number of rotatable bonds is 3. The summed E-state index contributed by atoms with van der Waals surface area (Å²) in [5.41, 5.74) is 1.63. The highest BCUT2D eigenvalue weighted by Crippen LogP contribution is 2.29. The number of benzene rings is 1. The minimum absolute atomic E-state index is 0.0171. The summed E-state index contributed by atoms with van der Waals surface area (Å²) >= 11 is 1.70. The van der Waals surface area contributed by atoms with Gasteiger partial charge in [0.1, 0.15) is 0 Å². The number of anilines is 1. The zero-order valence-corrected chi connectivity index (χ0v) is 15.9. The third-order valence-electron chi connectivity index (χ3n) is 4.85. The summed E-state index contributed by atoms with van der Waals surface area (Å²) in [6, 6.07) is 13.6. The van der Waals surface area contributed by atoms with Gasteiger partial charge in [0.15, 0.2) is 10.9 Å². The molecule has 140 valence electrons. The predicted octanol–water partition coefficient (Wildman–Crippen LogP) is 2.84. The normalized spacial score (nSPS) is 14.6. The molecule has 0 spiro atoms. The summed E-state index contributed by atoms with van der Waals surface area (Å²) in [4.78, 5) is 26.0. The van der Waals surface area contributed by atoms with Gasteiger partial charge in [0.05, 0.1) is 15.8 Å². The molecule has 0 atom stereocenters. The van der Waals surface area contributed by atoms with Gasteiger partial charge < -0.3 is 9.80 Å². The molecule has 0 N–H and O–H groups in total. The molecule has 0 saturated carbocycles. The summed E-state index contributed by atoms with van der Waals surface area (Å²) in [7, 11) is 0. The van der Waals surface area contributed by atoms with E-state index in [-0.39, 0.29) is 5.91 Å². The Bertz CT molecular complexity index is 1060. The Morgan fingerprint density at radius 1 is 1.00 bits per heavy atom. The van der Waals surface area contributed by atoms with Crippen molar-refractivity contribution in [3.8, 4) is 5.82 Å². The van der Waals surface area contributed by atoms with Gasteiger partial charge in [-0.1, -0.05) is 23.5 Å². The van der Waals surface area contributed by atoms with Gasteiger partial charge in [-0.05, 0) is 30.3 Å². The topological polar surface area (TPSA) is 67.2 Å². The third kappa shape index (κ3) is 3.11. The quantitative estimate of drug-likeness (QED) is 0.538. The Labute approximate surface area is 165 Å². The first-order chi connectivity index (χ1) is 13.8. The summed E-state index contributed by atoms with van der Waals surface area (Å²) < 4.78 is 2.87. The van der Waals surface area contributed by atoms with E-state index < -0.39 is 0 Å². The van der Waals surface area contributed by atoms with Gasteiger partial charge in [-0.15, -0.1) is 0 Å². The number of carbonyl (C=O) groups is 1. The fraction of sp³-hybridized carbons (Fsp3) is 0.200. The van der Waals surface area contributed by atoms with Crippen LogP contribution in [0, 0.1) is 0 Å². The molecule has 0 radical (unpaired) electrons. The van der Waals surface area contributed by atoms with Gasteiger partial charge in [0, 0.05) is 44.8 Å². The van der Waals surface area contributed by atoms with Crippen molar-refractivity contribution >= 4 is 32.6 Å². The summed E-state index contributed by atoms with van der Waals surface area (Å²) in [5, 5.41) is 5.18. The first-order valence-electron chi connectivity index (χ1n) is 9.14. The molecule has 4 aromatic rings. The van der Waals surface area contributed by atoms with E-state index in [9.17, 15) is 4.79 Å². The van der Waals surface area contributed by atoms with E-state index in [2.05, 4.69) is 21.0 Å². The SMILES string of the molecule is O=C(c1ccc(-n2cccn2)nc1)N1CCN(c2nc3ccccc3s2)CC1. The largest absolute Gasteiger partial charge is 0.345 e. The van der Waals surface area contributed by atoms with Gasteiger partial charge in [-0.3, -0.25) is 4.79 Å². The molecule has 5 rings (SSSR count). The van der Waals surface area contributed by atoms with E-state index in [1.54, 1.807) is 28.4 Å². The Hall–Kier alpha value is -3.26. The monoisotopic (exact) mass is 390 g/mol. The van der Waals surface area contributed by atoms with Crippen LogP contribution in [-0.2, 0) is 0 Å². The Balaban J connectivity index is 1.25. The van der Waals surface area contributed by atoms with Crippen molar-refractivity contribution in [1.82, 2.24) is 24.6 Å². The molecule has 8 heteroatoms. The van der Waals surface area contributed by atoms with Crippen molar-refractivity contribution in [3.63, 3.8) is 0 Å². The fourth-order valence-electron chi connectivity index (χ4n) is 3.33. The molecule has 1 saturated heterocycles.